The fraction of sp³-hybridized carbons (Fsp3) is 0.467. The summed E-state index contributed by atoms with van der Waals surface area (Å²) in [4.78, 5) is 0. The molecular weight excluding hydrogens is 303 g/mol. The molecule has 0 aliphatic carbocycles. The smallest absolute Gasteiger partial charge is 0.195 e. The van der Waals surface area contributed by atoms with Crippen LogP contribution in [0.25, 0.3) is 5.69 Å². The van der Waals surface area contributed by atoms with Crippen molar-refractivity contribution in [3.63, 3.8) is 0 Å². The lowest BCUT2D eigenvalue weighted by molar-refractivity contribution is 0.189. The van der Waals surface area contributed by atoms with Gasteiger partial charge in [0.25, 0.3) is 0 Å². The van der Waals surface area contributed by atoms with E-state index in [4.69, 9.17) is 10.5 Å². The highest BCUT2D eigenvalue weighted by Gasteiger charge is 2.20. The average molecular weight is 322 g/mol. The molecule has 0 radical (unpaired) electrons. The fourth-order valence-electron chi connectivity index (χ4n) is 2.47. The van der Waals surface area contributed by atoms with Crippen LogP contribution in [0.1, 0.15) is 12.2 Å². The fourth-order valence-corrected chi connectivity index (χ4v) is 3.55. The number of para-hydroxylation sites is 1. The number of ether oxygens (including phenoxy) is 1. The summed E-state index contributed by atoms with van der Waals surface area (Å²) in [5, 5.41) is 9.12. The first-order valence-electron chi connectivity index (χ1n) is 7.39. The number of rotatable bonds is 6. The molecule has 2 heterocycles. The van der Waals surface area contributed by atoms with Crippen LogP contribution in [0.4, 0.5) is 4.39 Å². The lowest BCUT2D eigenvalue weighted by Crippen LogP contribution is -2.11. The van der Waals surface area contributed by atoms with Gasteiger partial charge in [-0.15, -0.1) is 10.2 Å². The minimum absolute atomic E-state index is 0.286. The summed E-state index contributed by atoms with van der Waals surface area (Å²) in [6.45, 7) is 2.06. The third kappa shape index (κ3) is 3.31. The second kappa shape index (κ2) is 7.21. The molecule has 1 atom stereocenters. The maximum atomic E-state index is 14.2. The number of hydrogen-bond donors (Lipinski definition) is 1. The molecule has 5 nitrogen and oxygen atoms in total. The molecular formula is C15H19FN4OS. The summed E-state index contributed by atoms with van der Waals surface area (Å²) in [5.74, 6) is 1.83. The van der Waals surface area contributed by atoms with Crippen molar-refractivity contribution in [2.45, 2.75) is 18.0 Å². The van der Waals surface area contributed by atoms with Crippen molar-refractivity contribution in [1.82, 2.24) is 14.8 Å². The first-order chi connectivity index (χ1) is 10.8. The first kappa shape index (κ1) is 15.5. The Hall–Kier alpha value is -1.44. The van der Waals surface area contributed by atoms with E-state index in [1.54, 1.807) is 28.5 Å². The van der Waals surface area contributed by atoms with Crippen LogP contribution in [-0.4, -0.2) is 40.3 Å². The molecule has 0 bridgehead atoms. The number of nitrogens with two attached hydrogens (primary N) is 1. The highest BCUT2D eigenvalue weighted by atomic mass is 32.2. The van der Waals surface area contributed by atoms with Crippen LogP contribution in [0, 0.1) is 11.7 Å². The number of hydrogen-bond acceptors (Lipinski definition) is 5. The summed E-state index contributed by atoms with van der Waals surface area (Å²) >= 11 is 1.60. The largest absolute Gasteiger partial charge is 0.381 e. The zero-order chi connectivity index (χ0) is 15.4. The molecule has 0 spiro atoms. The summed E-state index contributed by atoms with van der Waals surface area (Å²) in [5.41, 5.74) is 6.10. The summed E-state index contributed by atoms with van der Waals surface area (Å²) in [6.07, 6.45) is 1.63. The lowest BCUT2D eigenvalue weighted by atomic mass is 10.2. The van der Waals surface area contributed by atoms with E-state index in [0.29, 0.717) is 35.6 Å². The van der Waals surface area contributed by atoms with Gasteiger partial charge in [0.15, 0.2) is 5.16 Å². The van der Waals surface area contributed by atoms with E-state index in [2.05, 4.69) is 10.2 Å². The Bertz CT molecular complexity index is 628. The van der Waals surface area contributed by atoms with Crippen molar-refractivity contribution in [2.75, 3.05) is 25.5 Å². The molecule has 7 heteroatoms. The van der Waals surface area contributed by atoms with E-state index in [-0.39, 0.29) is 5.82 Å². The van der Waals surface area contributed by atoms with Crippen molar-refractivity contribution in [3.8, 4) is 5.69 Å². The van der Waals surface area contributed by atoms with Crippen LogP contribution < -0.4 is 5.73 Å². The summed E-state index contributed by atoms with van der Waals surface area (Å²) < 4.78 is 21.3. The maximum Gasteiger partial charge on any atom is 0.195 e. The van der Waals surface area contributed by atoms with E-state index < -0.39 is 0 Å². The van der Waals surface area contributed by atoms with Crippen LogP contribution in [0.15, 0.2) is 29.4 Å². The third-order valence-corrected chi connectivity index (χ3v) is 4.79. The zero-order valence-corrected chi connectivity index (χ0v) is 13.1. The Morgan fingerprint density at radius 3 is 2.95 bits per heavy atom. The molecule has 1 fully saturated rings. The number of benzene rings is 1. The van der Waals surface area contributed by atoms with Crippen LogP contribution in [0.5, 0.6) is 0 Å². The lowest BCUT2D eigenvalue weighted by Gasteiger charge is -2.12. The van der Waals surface area contributed by atoms with Crippen molar-refractivity contribution >= 4 is 11.8 Å². The highest BCUT2D eigenvalue weighted by Crippen LogP contribution is 2.27. The number of nitrogens with zero attached hydrogens (tertiary/aromatic N) is 3. The second-order valence-corrected chi connectivity index (χ2v) is 6.25. The highest BCUT2D eigenvalue weighted by molar-refractivity contribution is 7.99. The predicted octanol–water partition coefficient (Wildman–Crippen LogP) is 2.04. The Morgan fingerprint density at radius 2 is 2.23 bits per heavy atom. The molecule has 1 saturated heterocycles. The van der Waals surface area contributed by atoms with E-state index in [1.165, 1.54) is 6.07 Å². The predicted molar refractivity (Wildman–Crippen MR) is 83.7 cm³/mol. The number of thioether (sulfide) groups is 1. The van der Waals surface area contributed by atoms with Crippen LogP contribution >= 0.6 is 11.8 Å². The number of halogens is 1. The van der Waals surface area contributed by atoms with Gasteiger partial charge in [0, 0.05) is 18.8 Å². The van der Waals surface area contributed by atoms with Gasteiger partial charge in [-0.3, -0.25) is 4.57 Å². The molecule has 2 aromatic rings. The van der Waals surface area contributed by atoms with Gasteiger partial charge in [0.2, 0.25) is 0 Å². The molecule has 1 aromatic heterocycles. The number of aromatic nitrogens is 3. The van der Waals surface area contributed by atoms with Gasteiger partial charge in [0.05, 0.1) is 12.3 Å². The topological polar surface area (TPSA) is 66.0 Å². The average Bonchev–Trinajstić information content (AvgIpc) is 3.16. The van der Waals surface area contributed by atoms with Crippen LogP contribution in [0.2, 0.25) is 0 Å². The molecule has 2 N–H and O–H groups in total. The van der Waals surface area contributed by atoms with Crippen molar-refractivity contribution < 1.29 is 9.13 Å². The van der Waals surface area contributed by atoms with Gasteiger partial charge in [-0.25, -0.2) is 4.39 Å². The molecule has 22 heavy (non-hydrogen) atoms. The quantitative estimate of drug-likeness (QED) is 0.825. The van der Waals surface area contributed by atoms with Crippen molar-refractivity contribution in [2.24, 2.45) is 11.7 Å². The Balaban J connectivity index is 1.87. The molecule has 0 unspecified atom stereocenters. The molecule has 0 saturated carbocycles. The van der Waals surface area contributed by atoms with Gasteiger partial charge in [0.1, 0.15) is 11.6 Å². The van der Waals surface area contributed by atoms with Gasteiger partial charge < -0.3 is 10.5 Å². The van der Waals surface area contributed by atoms with Crippen molar-refractivity contribution in [1.29, 1.82) is 0 Å². The van der Waals surface area contributed by atoms with E-state index in [9.17, 15) is 4.39 Å². The molecule has 1 aliphatic heterocycles. The Kier molecular flexibility index (Phi) is 5.07. The zero-order valence-electron chi connectivity index (χ0n) is 12.2. The van der Waals surface area contributed by atoms with E-state index in [0.717, 1.165) is 25.4 Å². The molecule has 3 rings (SSSR count). The van der Waals surface area contributed by atoms with E-state index >= 15 is 0 Å². The van der Waals surface area contributed by atoms with Gasteiger partial charge >= 0.3 is 0 Å². The maximum absolute atomic E-state index is 14.2. The van der Waals surface area contributed by atoms with Gasteiger partial charge in [-0.2, -0.15) is 0 Å². The summed E-state index contributed by atoms with van der Waals surface area (Å²) in [7, 11) is 0. The SMILES string of the molecule is NCCc1nnc(SC[C@@H]2CCOC2)n1-c1ccccc1F. The minimum atomic E-state index is -0.286. The first-order valence-corrected chi connectivity index (χ1v) is 8.38. The van der Waals surface area contributed by atoms with Crippen molar-refractivity contribution in [3.05, 3.63) is 35.9 Å². The third-order valence-electron chi connectivity index (χ3n) is 3.63. The van der Waals surface area contributed by atoms with Crippen LogP contribution in [0.3, 0.4) is 0 Å². The standard InChI is InChI=1S/C15H19FN4OS/c16-12-3-1-2-4-13(12)20-14(5-7-17)18-19-15(20)22-10-11-6-8-21-9-11/h1-4,11H,5-10,17H2/t11-/m1/s1. The molecule has 1 aliphatic rings. The minimum Gasteiger partial charge on any atom is -0.381 e. The van der Waals surface area contributed by atoms with Gasteiger partial charge in [-0.05, 0) is 31.0 Å². The Labute approximate surface area is 133 Å². The molecule has 1 aromatic carbocycles. The molecule has 118 valence electrons. The second-order valence-electron chi connectivity index (χ2n) is 5.26. The van der Waals surface area contributed by atoms with E-state index in [1.807, 2.05) is 6.07 Å². The van der Waals surface area contributed by atoms with Crippen LogP contribution in [-0.2, 0) is 11.2 Å². The normalized spacial score (nSPS) is 18.0. The monoisotopic (exact) mass is 322 g/mol. The Morgan fingerprint density at radius 1 is 1.36 bits per heavy atom. The van der Waals surface area contributed by atoms with Gasteiger partial charge in [-0.1, -0.05) is 23.9 Å². The summed E-state index contributed by atoms with van der Waals surface area (Å²) in [6, 6.07) is 6.67. The molecule has 0 amide bonds.